The van der Waals surface area contributed by atoms with Crippen molar-refractivity contribution in [1.82, 2.24) is 0 Å². The van der Waals surface area contributed by atoms with Crippen LogP contribution in [0.3, 0.4) is 0 Å². The quantitative estimate of drug-likeness (QED) is 0.359. The standard InChI is InChI=1S/C30H48O3/c1-18(2)19(3)8-9-20(4)25-12-13-26-24-11-10-22-16-23(33-21(5)31)14-15-29(22,6)28(24)27(32)17-30(25,26)7/h8-9,11,18-20,22-23,25-28,32H,10,12-17H2,1-7H3/b9-8+/t19-,20+,22-,23+,25+,26-,27-,28+,29-,30-/m0/s1. The van der Waals surface area contributed by atoms with Crippen LogP contribution in [-0.4, -0.2) is 23.3 Å². The number of carbonyl (C=O) groups excluding carboxylic acids is 1. The Morgan fingerprint density at radius 1 is 1.12 bits per heavy atom. The zero-order chi connectivity index (χ0) is 24.1. The van der Waals surface area contributed by atoms with E-state index in [2.05, 4.69) is 59.8 Å². The maximum atomic E-state index is 11.7. The highest BCUT2D eigenvalue weighted by Gasteiger charge is 2.61. The van der Waals surface area contributed by atoms with Gasteiger partial charge in [0, 0.05) is 12.8 Å². The molecule has 4 aliphatic carbocycles. The van der Waals surface area contributed by atoms with E-state index < -0.39 is 0 Å². The smallest absolute Gasteiger partial charge is 0.302 e. The highest BCUT2D eigenvalue weighted by Crippen LogP contribution is 2.66. The van der Waals surface area contributed by atoms with E-state index in [9.17, 15) is 9.90 Å². The molecule has 0 aromatic rings. The van der Waals surface area contributed by atoms with Crippen molar-refractivity contribution in [3.05, 3.63) is 23.8 Å². The molecule has 0 aromatic heterocycles. The predicted octanol–water partition coefficient (Wildman–Crippen LogP) is 6.95. The summed E-state index contributed by atoms with van der Waals surface area (Å²) in [6.45, 7) is 15.8. The lowest BCUT2D eigenvalue weighted by Gasteiger charge is -2.59. The third-order valence-corrected chi connectivity index (χ3v) is 10.8. The minimum Gasteiger partial charge on any atom is -0.463 e. The number of rotatable bonds is 5. The van der Waals surface area contributed by atoms with Gasteiger partial charge < -0.3 is 9.84 Å². The topological polar surface area (TPSA) is 46.5 Å². The number of fused-ring (bicyclic) bond motifs is 5. The highest BCUT2D eigenvalue weighted by atomic mass is 16.5. The molecule has 3 heteroatoms. The summed E-state index contributed by atoms with van der Waals surface area (Å²) in [7, 11) is 0. The van der Waals surface area contributed by atoms with Crippen LogP contribution in [0.5, 0.6) is 0 Å². The predicted molar refractivity (Wildman–Crippen MR) is 134 cm³/mol. The lowest BCUT2D eigenvalue weighted by molar-refractivity contribution is -0.154. The third-order valence-electron chi connectivity index (χ3n) is 10.8. The first-order valence-corrected chi connectivity index (χ1v) is 13.7. The number of esters is 1. The molecule has 1 N–H and O–H groups in total. The fraction of sp³-hybridized carbons (Fsp3) is 0.833. The highest BCUT2D eigenvalue weighted by molar-refractivity contribution is 5.66. The normalized spacial score (nSPS) is 44.6. The number of allylic oxidation sites excluding steroid dienone is 3. The summed E-state index contributed by atoms with van der Waals surface area (Å²) in [5, 5.41) is 11.7. The lowest BCUT2D eigenvalue weighted by Crippen LogP contribution is -2.55. The van der Waals surface area contributed by atoms with Crippen LogP contribution in [0.25, 0.3) is 0 Å². The number of aliphatic hydroxyl groups is 1. The summed E-state index contributed by atoms with van der Waals surface area (Å²) in [4.78, 5) is 11.5. The van der Waals surface area contributed by atoms with Gasteiger partial charge in [0.2, 0.25) is 0 Å². The van der Waals surface area contributed by atoms with Crippen molar-refractivity contribution in [2.45, 2.75) is 106 Å². The average molecular weight is 457 g/mol. The molecule has 0 aromatic carbocycles. The van der Waals surface area contributed by atoms with Crippen LogP contribution in [-0.2, 0) is 9.53 Å². The molecule has 0 saturated heterocycles. The van der Waals surface area contributed by atoms with Gasteiger partial charge in [0.1, 0.15) is 6.10 Å². The van der Waals surface area contributed by atoms with E-state index in [1.54, 1.807) is 5.57 Å². The lowest BCUT2D eigenvalue weighted by atomic mass is 9.47. The minimum absolute atomic E-state index is 0.0539. The minimum atomic E-state index is -0.262. The van der Waals surface area contributed by atoms with Crippen LogP contribution in [0, 0.1) is 52.3 Å². The molecule has 3 fully saturated rings. The summed E-state index contributed by atoms with van der Waals surface area (Å²) in [6, 6.07) is 0. The third kappa shape index (κ3) is 4.37. The van der Waals surface area contributed by atoms with Gasteiger partial charge >= 0.3 is 5.97 Å². The maximum absolute atomic E-state index is 11.7. The van der Waals surface area contributed by atoms with Gasteiger partial charge in [-0.05, 0) is 91.3 Å². The van der Waals surface area contributed by atoms with Gasteiger partial charge in [-0.2, -0.15) is 0 Å². The SMILES string of the molecule is CC(=O)O[C@@H]1CC[C@@]2(C)[C@@H](CC=C3[C@@H]2[C@@H](O)C[C@@]2(C)[C@@H]([C@H](C)/C=C/[C@H](C)C(C)C)CC[C@@H]32)C1. The molecule has 0 spiro atoms. The van der Waals surface area contributed by atoms with E-state index in [0.29, 0.717) is 35.5 Å². The van der Waals surface area contributed by atoms with E-state index in [1.165, 1.54) is 19.8 Å². The van der Waals surface area contributed by atoms with Gasteiger partial charge in [0.05, 0.1) is 6.10 Å². The molecule has 3 nitrogen and oxygen atoms in total. The zero-order valence-electron chi connectivity index (χ0n) is 22.1. The Morgan fingerprint density at radius 3 is 2.52 bits per heavy atom. The summed E-state index contributed by atoms with van der Waals surface area (Å²) in [5.41, 5.74) is 1.89. The monoisotopic (exact) mass is 456 g/mol. The Morgan fingerprint density at radius 2 is 1.85 bits per heavy atom. The Bertz CT molecular complexity index is 796. The molecule has 3 saturated carbocycles. The first kappa shape index (κ1) is 25.0. The van der Waals surface area contributed by atoms with Gasteiger partial charge in [-0.3, -0.25) is 4.79 Å². The van der Waals surface area contributed by atoms with Crippen molar-refractivity contribution in [3.63, 3.8) is 0 Å². The maximum Gasteiger partial charge on any atom is 0.302 e. The van der Waals surface area contributed by atoms with Crippen LogP contribution < -0.4 is 0 Å². The molecule has 4 rings (SSSR count). The van der Waals surface area contributed by atoms with Crippen molar-refractivity contribution in [1.29, 1.82) is 0 Å². The van der Waals surface area contributed by atoms with Gasteiger partial charge in [-0.1, -0.05) is 65.3 Å². The second kappa shape index (κ2) is 9.17. The van der Waals surface area contributed by atoms with E-state index >= 15 is 0 Å². The molecule has 0 bridgehead atoms. The van der Waals surface area contributed by atoms with Crippen LogP contribution >= 0.6 is 0 Å². The van der Waals surface area contributed by atoms with Crippen molar-refractivity contribution >= 4 is 5.97 Å². The van der Waals surface area contributed by atoms with E-state index in [-0.39, 0.29) is 34.9 Å². The summed E-state index contributed by atoms with van der Waals surface area (Å²) < 4.78 is 5.60. The van der Waals surface area contributed by atoms with Crippen molar-refractivity contribution in [2.75, 3.05) is 0 Å². The van der Waals surface area contributed by atoms with Gasteiger partial charge in [0.25, 0.3) is 0 Å². The number of hydrogen-bond acceptors (Lipinski definition) is 3. The molecule has 186 valence electrons. The second-order valence-corrected chi connectivity index (χ2v) is 13.0. The summed E-state index contributed by atoms with van der Waals surface area (Å²) in [5.74, 6) is 3.70. The van der Waals surface area contributed by atoms with Crippen molar-refractivity contribution < 1.29 is 14.6 Å². The molecule has 0 aliphatic heterocycles. The average Bonchev–Trinajstić information content (AvgIpc) is 3.07. The van der Waals surface area contributed by atoms with Crippen molar-refractivity contribution in [3.8, 4) is 0 Å². The fourth-order valence-corrected chi connectivity index (χ4v) is 8.55. The molecular formula is C30H48O3. The number of carbonyl (C=O) groups is 1. The summed E-state index contributed by atoms with van der Waals surface area (Å²) >= 11 is 0. The largest absolute Gasteiger partial charge is 0.463 e. The molecule has 0 unspecified atom stereocenters. The Balaban J connectivity index is 1.55. The zero-order valence-corrected chi connectivity index (χ0v) is 22.1. The van der Waals surface area contributed by atoms with Crippen LogP contribution in [0.2, 0.25) is 0 Å². The molecule has 0 heterocycles. The molecule has 10 atom stereocenters. The van der Waals surface area contributed by atoms with Crippen molar-refractivity contribution in [2.24, 2.45) is 52.3 Å². The van der Waals surface area contributed by atoms with E-state index in [0.717, 1.165) is 32.1 Å². The van der Waals surface area contributed by atoms with Gasteiger partial charge in [-0.15, -0.1) is 0 Å². The second-order valence-electron chi connectivity index (χ2n) is 13.0. The Kier molecular flexibility index (Phi) is 6.95. The number of aliphatic hydroxyl groups excluding tert-OH is 1. The van der Waals surface area contributed by atoms with E-state index in [1.807, 2.05) is 0 Å². The molecule has 0 radical (unpaired) electrons. The first-order chi connectivity index (χ1) is 15.5. The summed E-state index contributed by atoms with van der Waals surface area (Å²) in [6.07, 6.45) is 14.7. The molecular weight excluding hydrogens is 408 g/mol. The Hall–Kier alpha value is -1.09. The van der Waals surface area contributed by atoms with Gasteiger partial charge in [-0.25, -0.2) is 0 Å². The van der Waals surface area contributed by atoms with Crippen LogP contribution in [0.4, 0.5) is 0 Å². The Labute approximate surface area is 202 Å². The molecule has 0 amide bonds. The molecule has 33 heavy (non-hydrogen) atoms. The molecule has 4 aliphatic rings. The van der Waals surface area contributed by atoms with Gasteiger partial charge in [0.15, 0.2) is 0 Å². The van der Waals surface area contributed by atoms with Crippen LogP contribution in [0.15, 0.2) is 23.8 Å². The van der Waals surface area contributed by atoms with E-state index in [4.69, 9.17) is 4.74 Å². The number of ether oxygens (including phenoxy) is 1. The van der Waals surface area contributed by atoms with Crippen LogP contribution in [0.1, 0.15) is 93.4 Å². The fourth-order valence-electron chi connectivity index (χ4n) is 8.55. The number of hydrogen-bond donors (Lipinski definition) is 1. The first-order valence-electron chi connectivity index (χ1n) is 13.7.